The lowest BCUT2D eigenvalue weighted by Crippen LogP contribution is -2.42. The minimum atomic E-state index is -0.326. The van der Waals surface area contributed by atoms with Crippen LogP contribution in [0, 0.1) is 5.21 Å². The van der Waals surface area contributed by atoms with E-state index >= 15 is 0 Å². The molecule has 5 nitrogen and oxygen atoms in total. The molecule has 3 aliphatic heterocycles. The Balaban J connectivity index is 2.04. The fourth-order valence-corrected chi connectivity index (χ4v) is 2.16. The number of ketones is 1. The third-order valence-electron chi connectivity index (χ3n) is 3.03. The molecule has 5 heteroatoms. The average Bonchev–Trinajstić information content (AvgIpc) is 2.29. The first-order valence-corrected chi connectivity index (χ1v) is 5.65. The van der Waals surface area contributed by atoms with E-state index in [4.69, 9.17) is 0 Å². The lowest BCUT2D eigenvalue weighted by Gasteiger charge is -2.32. The zero-order chi connectivity index (χ0) is 12.5. The van der Waals surface area contributed by atoms with E-state index in [1.807, 2.05) is 29.3 Å². The van der Waals surface area contributed by atoms with Gasteiger partial charge in [0, 0.05) is 24.0 Å². The van der Waals surface area contributed by atoms with Crippen molar-refractivity contribution in [3.63, 3.8) is 0 Å². The van der Waals surface area contributed by atoms with Crippen molar-refractivity contribution in [3.05, 3.63) is 53.2 Å². The predicted octanol–water partition coefficient (Wildman–Crippen LogP) is 0.756. The highest BCUT2D eigenvalue weighted by molar-refractivity contribution is 6.31. The summed E-state index contributed by atoms with van der Waals surface area (Å²) in [5.74, 6) is -0.264. The Morgan fingerprint density at radius 1 is 1.39 bits per heavy atom. The second kappa shape index (κ2) is 4.10. The van der Waals surface area contributed by atoms with Crippen LogP contribution in [-0.4, -0.2) is 40.4 Å². The molecule has 0 radical (unpaired) electrons. The molecule has 0 saturated carbocycles. The summed E-state index contributed by atoms with van der Waals surface area (Å²) >= 11 is 0. The maximum atomic E-state index is 11.7. The topological polar surface area (TPSA) is 58.7 Å². The van der Waals surface area contributed by atoms with Crippen LogP contribution in [-0.2, 0) is 4.79 Å². The number of rotatable bonds is 0. The molecule has 0 saturated heterocycles. The zero-order valence-electron chi connectivity index (χ0n) is 9.56. The second-order valence-corrected chi connectivity index (χ2v) is 4.23. The summed E-state index contributed by atoms with van der Waals surface area (Å²) in [5.41, 5.74) is 1.62. The van der Waals surface area contributed by atoms with Crippen LogP contribution in [0.5, 0.6) is 0 Å². The molecule has 3 heterocycles. The molecular weight excluding hydrogens is 230 g/mol. The molecule has 90 valence electrons. The Kier molecular flexibility index (Phi) is 2.44. The Bertz CT molecular complexity index is 579. The lowest BCUT2D eigenvalue weighted by atomic mass is 9.97. The van der Waals surface area contributed by atoms with Crippen molar-refractivity contribution in [2.24, 2.45) is 4.99 Å². The fourth-order valence-electron chi connectivity index (χ4n) is 2.16. The molecule has 0 aliphatic carbocycles. The van der Waals surface area contributed by atoms with Crippen molar-refractivity contribution in [1.82, 2.24) is 4.90 Å². The van der Waals surface area contributed by atoms with Gasteiger partial charge in [0.2, 0.25) is 18.0 Å². The number of hydroxylamine groups is 1. The smallest absolute Gasteiger partial charge is 0.243 e. The summed E-state index contributed by atoms with van der Waals surface area (Å²) in [6.45, 7) is 0.515. The summed E-state index contributed by atoms with van der Waals surface area (Å²) in [6.07, 6.45) is 13.4. The Hall–Kier alpha value is -2.43. The third-order valence-corrected chi connectivity index (χ3v) is 3.03. The van der Waals surface area contributed by atoms with E-state index in [0.717, 1.165) is 22.2 Å². The number of hydrogen-bond acceptors (Lipinski definition) is 4. The van der Waals surface area contributed by atoms with E-state index in [1.165, 1.54) is 6.08 Å². The molecule has 1 atom stereocenters. The number of fused-ring (bicyclic) bond motifs is 2. The van der Waals surface area contributed by atoms with Crippen LogP contribution < -0.4 is 0 Å². The summed E-state index contributed by atoms with van der Waals surface area (Å²) < 4.78 is 0.727. The minimum absolute atomic E-state index is 0.264. The number of hydrogen-bond donors (Lipinski definition) is 0. The zero-order valence-corrected chi connectivity index (χ0v) is 9.56. The van der Waals surface area contributed by atoms with Crippen LogP contribution in [0.3, 0.4) is 0 Å². The summed E-state index contributed by atoms with van der Waals surface area (Å²) in [6, 6.07) is -0.326. The molecule has 3 aliphatic rings. The molecule has 0 aromatic carbocycles. The summed E-state index contributed by atoms with van der Waals surface area (Å²) in [5, 5.41) is 11.7. The van der Waals surface area contributed by atoms with Gasteiger partial charge in [-0.05, 0) is 18.2 Å². The second-order valence-electron chi connectivity index (χ2n) is 4.23. The van der Waals surface area contributed by atoms with E-state index in [1.54, 1.807) is 12.4 Å². The molecule has 3 rings (SSSR count). The van der Waals surface area contributed by atoms with Crippen molar-refractivity contribution < 1.29 is 9.53 Å². The van der Waals surface area contributed by atoms with Gasteiger partial charge in [-0.1, -0.05) is 0 Å². The summed E-state index contributed by atoms with van der Waals surface area (Å²) in [4.78, 5) is 17.4. The summed E-state index contributed by atoms with van der Waals surface area (Å²) in [7, 11) is 0. The van der Waals surface area contributed by atoms with E-state index < -0.39 is 0 Å². The van der Waals surface area contributed by atoms with Crippen LogP contribution in [0.4, 0.5) is 0 Å². The first-order valence-electron chi connectivity index (χ1n) is 5.65. The molecule has 0 N–H and O–H groups in total. The van der Waals surface area contributed by atoms with Gasteiger partial charge in [0.25, 0.3) is 0 Å². The van der Waals surface area contributed by atoms with Crippen molar-refractivity contribution >= 4 is 18.2 Å². The Morgan fingerprint density at radius 3 is 3.17 bits per heavy atom. The molecule has 0 aromatic rings. The van der Waals surface area contributed by atoms with Crippen LogP contribution >= 0.6 is 0 Å². The van der Waals surface area contributed by atoms with Gasteiger partial charge >= 0.3 is 0 Å². The van der Waals surface area contributed by atoms with Crippen molar-refractivity contribution in [2.45, 2.75) is 6.04 Å². The van der Waals surface area contributed by atoms with Gasteiger partial charge in [-0.15, -0.1) is 0 Å². The number of allylic oxidation sites excluding steroid dienone is 4. The molecule has 1 unspecified atom stereocenters. The maximum absolute atomic E-state index is 11.7. The van der Waals surface area contributed by atoms with E-state index in [2.05, 4.69) is 4.99 Å². The first kappa shape index (κ1) is 10.7. The molecular formula is C13H11N3O2. The average molecular weight is 241 g/mol. The number of nitrogens with zero attached hydrogens (tertiary/aromatic N) is 3. The fraction of sp³-hybridized carbons (Fsp3) is 0.154. The van der Waals surface area contributed by atoms with Gasteiger partial charge in [0.05, 0.1) is 18.5 Å². The monoisotopic (exact) mass is 241 g/mol. The quantitative estimate of drug-likeness (QED) is 0.464. The Morgan fingerprint density at radius 2 is 2.28 bits per heavy atom. The van der Waals surface area contributed by atoms with Crippen LogP contribution in [0.25, 0.3) is 0 Å². The molecule has 0 bridgehead atoms. The molecule has 0 aromatic heterocycles. The van der Waals surface area contributed by atoms with Gasteiger partial charge < -0.3 is 10.1 Å². The van der Waals surface area contributed by atoms with Crippen LogP contribution in [0.2, 0.25) is 0 Å². The highest BCUT2D eigenvalue weighted by Gasteiger charge is 2.32. The largest absolute Gasteiger partial charge is 0.623 e. The third kappa shape index (κ3) is 1.79. The van der Waals surface area contributed by atoms with E-state index in [-0.39, 0.29) is 11.8 Å². The first-order chi connectivity index (χ1) is 8.74. The normalized spacial score (nSPS) is 29.1. The number of aliphatic imine (C=N–C) groups is 1. The van der Waals surface area contributed by atoms with Gasteiger partial charge in [-0.3, -0.25) is 9.79 Å². The van der Waals surface area contributed by atoms with E-state index in [0.29, 0.717) is 6.54 Å². The highest BCUT2D eigenvalue weighted by Crippen LogP contribution is 2.23. The van der Waals surface area contributed by atoms with Crippen molar-refractivity contribution in [2.75, 3.05) is 6.54 Å². The molecule has 18 heavy (non-hydrogen) atoms. The van der Waals surface area contributed by atoms with Gasteiger partial charge in [-0.25, -0.2) is 0 Å². The number of carbonyl (C=O) groups excluding carboxylic acids is 1. The van der Waals surface area contributed by atoms with Gasteiger partial charge in [0.15, 0.2) is 0 Å². The SMILES string of the molecule is O=C1C=C2C=C3C=N/C=C\C=C/N3CC2[N+]([O-])=C1. The van der Waals surface area contributed by atoms with Gasteiger partial charge in [-0.2, -0.15) is 4.74 Å². The Labute approximate surface area is 104 Å². The lowest BCUT2D eigenvalue weighted by molar-refractivity contribution is -0.485. The molecule has 0 fully saturated rings. The van der Waals surface area contributed by atoms with Crippen molar-refractivity contribution in [3.8, 4) is 0 Å². The van der Waals surface area contributed by atoms with Crippen LogP contribution in [0.1, 0.15) is 0 Å². The van der Waals surface area contributed by atoms with Crippen LogP contribution in [0.15, 0.2) is 53.0 Å². The van der Waals surface area contributed by atoms with Gasteiger partial charge in [0.1, 0.15) is 0 Å². The minimum Gasteiger partial charge on any atom is -0.623 e. The maximum Gasteiger partial charge on any atom is 0.243 e. The number of carbonyl (C=O) groups is 1. The van der Waals surface area contributed by atoms with E-state index in [9.17, 15) is 10.0 Å². The molecule has 0 amide bonds. The standard InChI is InChI=1S/C13H11N3O2/c17-12-6-10-5-11-7-14-3-1-2-4-15(11)9-13(10)16(18)8-12/h1-8,13H,9H2/b3-1-,4-2-,14-7?. The van der Waals surface area contributed by atoms with Crippen molar-refractivity contribution in [1.29, 1.82) is 0 Å². The highest BCUT2D eigenvalue weighted by atomic mass is 16.5. The predicted molar refractivity (Wildman–Crippen MR) is 68.1 cm³/mol. The molecule has 0 spiro atoms.